The van der Waals surface area contributed by atoms with Gasteiger partial charge in [0.1, 0.15) is 6.04 Å². The molecule has 0 radical (unpaired) electrons. The van der Waals surface area contributed by atoms with E-state index in [1.165, 1.54) is 0 Å². The van der Waals surface area contributed by atoms with Crippen molar-refractivity contribution >= 4 is 11.8 Å². The van der Waals surface area contributed by atoms with Crippen LogP contribution in [0.3, 0.4) is 0 Å². The predicted octanol–water partition coefficient (Wildman–Crippen LogP) is 2.16. The van der Waals surface area contributed by atoms with E-state index in [4.69, 9.17) is 5.73 Å². The molecule has 1 aliphatic heterocycles. The number of amides is 2. The van der Waals surface area contributed by atoms with Gasteiger partial charge in [-0.25, -0.2) is 0 Å². The Morgan fingerprint density at radius 3 is 2.29 bits per heavy atom. The van der Waals surface area contributed by atoms with Gasteiger partial charge in [0, 0.05) is 0 Å². The predicted molar refractivity (Wildman–Crippen MR) is 68.9 cm³/mol. The lowest BCUT2D eigenvalue weighted by molar-refractivity contribution is -0.203. The third-order valence-electron chi connectivity index (χ3n) is 3.63. The number of nitrogens with zero attached hydrogens (tertiary/aromatic N) is 1. The SMILES string of the molecule is NC(=O)C(=O)N1[C@@H](c2ccccc2)CCC[C@H]1C(F)(F)F. The van der Waals surface area contributed by atoms with E-state index in [1.54, 1.807) is 30.3 Å². The Balaban J connectivity index is 2.42. The van der Waals surface area contributed by atoms with Crippen LogP contribution in [0, 0.1) is 0 Å². The van der Waals surface area contributed by atoms with Crippen LogP contribution in [0.25, 0.3) is 0 Å². The molecular formula is C14H15F3N2O2. The number of hydrogen-bond donors (Lipinski definition) is 1. The van der Waals surface area contributed by atoms with E-state index in [9.17, 15) is 22.8 Å². The standard InChI is InChI=1S/C14H15F3N2O2/c15-14(16,17)11-8-4-7-10(9-5-2-1-3-6-9)19(11)13(21)12(18)20/h1-3,5-6,10-11H,4,7-8H2,(H2,18,20)/t10-,11+/m1/s1. The van der Waals surface area contributed by atoms with E-state index in [-0.39, 0.29) is 6.42 Å². The number of benzene rings is 1. The zero-order chi connectivity index (χ0) is 15.6. The molecule has 2 atom stereocenters. The van der Waals surface area contributed by atoms with Gasteiger partial charge in [0.25, 0.3) is 0 Å². The van der Waals surface area contributed by atoms with Crippen molar-refractivity contribution in [2.75, 3.05) is 0 Å². The van der Waals surface area contributed by atoms with E-state index >= 15 is 0 Å². The number of carbonyl (C=O) groups excluding carboxylic acids is 2. The lowest BCUT2D eigenvalue weighted by Gasteiger charge is -2.42. The molecule has 2 rings (SSSR count). The van der Waals surface area contributed by atoms with Crippen LogP contribution >= 0.6 is 0 Å². The highest BCUT2D eigenvalue weighted by atomic mass is 19.4. The highest BCUT2D eigenvalue weighted by Gasteiger charge is 2.50. The maximum absolute atomic E-state index is 13.2. The van der Waals surface area contributed by atoms with Crippen LogP contribution in [0.5, 0.6) is 0 Å². The van der Waals surface area contributed by atoms with Crippen molar-refractivity contribution in [3.05, 3.63) is 35.9 Å². The van der Waals surface area contributed by atoms with E-state index in [0.29, 0.717) is 23.3 Å². The number of hydrogen-bond acceptors (Lipinski definition) is 2. The molecule has 1 aromatic rings. The van der Waals surface area contributed by atoms with Crippen LogP contribution in [-0.2, 0) is 9.59 Å². The quantitative estimate of drug-likeness (QED) is 0.808. The lowest BCUT2D eigenvalue weighted by Crippen LogP contribution is -2.55. The summed E-state index contributed by atoms with van der Waals surface area (Å²) in [6.07, 6.45) is -4.10. The lowest BCUT2D eigenvalue weighted by atomic mass is 9.90. The molecule has 0 saturated carbocycles. The summed E-state index contributed by atoms with van der Waals surface area (Å²) in [5, 5.41) is 0. The van der Waals surface area contributed by atoms with Gasteiger partial charge in [0.2, 0.25) is 0 Å². The fraction of sp³-hybridized carbons (Fsp3) is 0.429. The number of alkyl halides is 3. The first-order valence-corrected chi connectivity index (χ1v) is 6.56. The minimum atomic E-state index is -4.58. The zero-order valence-electron chi connectivity index (χ0n) is 11.1. The number of nitrogens with two attached hydrogens (primary N) is 1. The largest absolute Gasteiger partial charge is 0.408 e. The molecule has 21 heavy (non-hydrogen) atoms. The first-order chi connectivity index (χ1) is 9.82. The number of rotatable bonds is 1. The molecule has 2 N–H and O–H groups in total. The molecule has 1 saturated heterocycles. The maximum atomic E-state index is 13.2. The zero-order valence-corrected chi connectivity index (χ0v) is 11.1. The molecule has 1 fully saturated rings. The number of halogens is 3. The molecule has 1 aliphatic rings. The summed E-state index contributed by atoms with van der Waals surface area (Å²) >= 11 is 0. The smallest absolute Gasteiger partial charge is 0.361 e. The first kappa shape index (κ1) is 15.3. The van der Waals surface area contributed by atoms with Crippen LogP contribution < -0.4 is 5.73 Å². The summed E-state index contributed by atoms with van der Waals surface area (Å²) in [5.74, 6) is -2.65. The van der Waals surface area contributed by atoms with Gasteiger partial charge in [0.05, 0.1) is 6.04 Å². The number of piperidine rings is 1. The minimum absolute atomic E-state index is 0.216. The highest BCUT2D eigenvalue weighted by Crippen LogP contribution is 2.40. The van der Waals surface area contributed by atoms with Gasteiger partial charge in [-0.05, 0) is 24.8 Å². The van der Waals surface area contributed by atoms with Gasteiger partial charge in [-0.1, -0.05) is 30.3 Å². The van der Waals surface area contributed by atoms with Crippen LogP contribution in [-0.4, -0.2) is 28.9 Å². The number of likely N-dealkylation sites (tertiary alicyclic amines) is 1. The third kappa shape index (κ3) is 3.17. The summed E-state index contributed by atoms with van der Waals surface area (Å²) in [5.41, 5.74) is 5.49. The van der Waals surface area contributed by atoms with Crippen molar-refractivity contribution in [3.8, 4) is 0 Å². The van der Waals surface area contributed by atoms with Crippen molar-refractivity contribution in [1.29, 1.82) is 0 Å². The van der Waals surface area contributed by atoms with Crippen LogP contribution in [0.15, 0.2) is 30.3 Å². The van der Waals surface area contributed by atoms with E-state index in [2.05, 4.69) is 0 Å². The molecular weight excluding hydrogens is 285 g/mol. The minimum Gasteiger partial charge on any atom is -0.361 e. The average molecular weight is 300 g/mol. The Morgan fingerprint density at radius 2 is 1.76 bits per heavy atom. The molecule has 0 unspecified atom stereocenters. The normalized spacial score (nSPS) is 22.9. The van der Waals surface area contributed by atoms with E-state index < -0.39 is 30.1 Å². The van der Waals surface area contributed by atoms with Crippen LogP contribution in [0.2, 0.25) is 0 Å². The maximum Gasteiger partial charge on any atom is 0.408 e. The second kappa shape index (κ2) is 5.75. The molecule has 4 nitrogen and oxygen atoms in total. The molecule has 0 aromatic heterocycles. The Hall–Kier alpha value is -2.05. The van der Waals surface area contributed by atoms with E-state index in [1.807, 2.05) is 0 Å². The fourth-order valence-electron chi connectivity index (χ4n) is 2.73. The molecule has 0 bridgehead atoms. The van der Waals surface area contributed by atoms with Crippen molar-refractivity contribution in [2.24, 2.45) is 5.73 Å². The van der Waals surface area contributed by atoms with Crippen molar-refractivity contribution < 1.29 is 22.8 Å². The van der Waals surface area contributed by atoms with Crippen LogP contribution in [0.1, 0.15) is 30.9 Å². The fourth-order valence-corrected chi connectivity index (χ4v) is 2.73. The van der Waals surface area contributed by atoms with Gasteiger partial charge >= 0.3 is 18.0 Å². The van der Waals surface area contributed by atoms with E-state index in [0.717, 1.165) is 0 Å². The monoisotopic (exact) mass is 300 g/mol. The second-order valence-corrected chi connectivity index (χ2v) is 4.99. The Kier molecular flexibility index (Phi) is 4.20. The summed E-state index contributed by atoms with van der Waals surface area (Å²) in [6, 6.07) is 5.62. The Morgan fingerprint density at radius 1 is 1.14 bits per heavy atom. The number of primary amides is 1. The second-order valence-electron chi connectivity index (χ2n) is 4.99. The highest BCUT2D eigenvalue weighted by molar-refractivity contribution is 6.34. The molecule has 1 heterocycles. The summed E-state index contributed by atoms with van der Waals surface area (Å²) in [6.45, 7) is 0. The van der Waals surface area contributed by atoms with Gasteiger partial charge < -0.3 is 10.6 Å². The van der Waals surface area contributed by atoms with Crippen molar-refractivity contribution in [1.82, 2.24) is 4.90 Å². The van der Waals surface area contributed by atoms with Crippen molar-refractivity contribution in [3.63, 3.8) is 0 Å². The summed E-state index contributed by atoms with van der Waals surface area (Å²) in [7, 11) is 0. The Labute approximate surface area is 119 Å². The third-order valence-corrected chi connectivity index (χ3v) is 3.63. The average Bonchev–Trinajstić information content (AvgIpc) is 2.45. The first-order valence-electron chi connectivity index (χ1n) is 6.56. The molecule has 7 heteroatoms. The number of carbonyl (C=O) groups is 2. The summed E-state index contributed by atoms with van der Waals surface area (Å²) in [4.78, 5) is 23.6. The molecule has 0 aliphatic carbocycles. The molecule has 2 amide bonds. The molecule has 1 aromatic carbocycles. The Bertz CT molecular complexity index is 531. The van der Waals surface area contributed by atoms with Crippen LogP contribution in [0.4, 0.5) is 13.2 Å². The topological polar surface area (TPSA) is 63.4 Å². The molecule has 114 valence electrons. The van der Waals surface area contributed by atoms with Gasteiger partial charge in [-0.3, -0.25) is 9.59 Å². The van der Waals surface area contributed by atoms with Crippen molar-refractivity contribution in [2.45, 2.75) is 37.5 Å². The van der Waals surface area contributed by atoms with Gasteiger partial charge in [0.15, 0.2) is 0 Å². The summed E-state index contributed by atoms with van der Waals surface area (Å²) < 4.78 is 39.5. The van der Waals surface area contributed by atoms with Gasteiger partial charge in [-0.15, -0.1) is 0 Å². The molecule has 0 spiro atoms. The van der Waals surface area contributed by atoms with Gasteiger partial charge in [-0.2, -0.15) is 13.2 Å².